The fourth-order valence-corrected chi connectivity index (χ4v) is 4.42. The summed E-state index contributed by atoms with van der Waals surface area (Å²) in [5.41, 5.74) is 9.83. The lowest BCUT2D eigenvalue weighted by atomic mass is 9.87. The second-order valence-corrected chi connectivity index (χ2v) is 9.96. The van der Waals surface area contributed by atoms with Crippen molar-refractivity contribution >= 4 is 17.1 Å². The lowest BCUT2D eigenvalue weighted by molar-refractivity contribution is 0.590. The standard InChI is InChI=1S/C34H31N/c1-34(2,3)30-20-24-33(25-21-30)35(31-12-8-5-9-13-31)32-22-18-29(19-23-32)28-16-14-27(15-17-28)26-10-6-4-7-11-26/h4-25H,1-3H3. The van der Waals surface area contributed by atoms with Crippen LogP contribution in [0, 0.1) is 0 Å². The Morgan fingerprint density at radius 2 is 0.714 bits per heavy atom. The summed E-state index contributed by atoms with van der Waals surface area (Å²) in [4.78, 5) is 2.31. The highest BCUT2D eigenvalue weighted by Crippen LogP contribution is 2.36. The Labute approximate surface area is 209 Å². The van der Waals surface area contributed by atoms with Crippen LogP contribution in [0.2, 0.25) is 0 Å². The van der Waals surface area contributed by atoms with Crippen LogP contribution in [0.3, 0.4) is 0 Å². The molecule has 35 heavy (non-hydrogen) atoms. The molecule has 5 aromatic carbocycles. The van der Waals surface area contributed by atoms with Gasteiger partial charge in [0.2, 0.25) is 0 Å². The highest BCUT2D eigenvalue weighted by atomic mass is 15.1. The minimum atomic E-state index is 0.133. The monoisotopic (exact) mass is 453 g/mol. The summed E-state index contributed by atoms with van der Waals surface area (Å²) in [6.45, 7) is 6.76. The topological polar surface area (TPSA) is 3.24 Å². The molecule has 0 heterocycles. The van der Waals surface area contributed by atoms with E-state index in [1.165, 1.54) is 27.8 Å². The molecule has 0 fully saturated rings. The molecule has 0 amide bonds. The maximum absolute atomic E-state index is 2.31. The number of anilines is 3. The van der Waals surface area contributed by atoms with Gasteiger partial charge < -0.3 is 4.90 Å². The normalized spacial score (nSPS) is 11.3. The Bertz CT molecular complexity index is 1360. The summed E-state index contributed by atoms with van der Waals surface area (Å²) < 4.78 is 0. The van der Waals surface area contributed by atoms with E-state index in [0.717, 1.165) is 17.1 Å². The van der Waals surface area contributed by atoms with Crippen molar-refractivity contribution in [3.05, 3.63) is 139 Å². The number of hydrogen-bond acceptors (Lipinski definition) is 1. The minimum Gasteiger partial charge on any atom is -0.311 e. The summed E-state index contributed by atoms with van der Waals surface area (Å²) >= 11 is 0. The molecule has 0 aliphatic rings. The van der Waals surface area contributed by atoms with E-state index in [9.17, 15) is 0 Å². The van der Waals surface area contributed by atoms with E-state index in [1.54, 1.807) is 0 Å². The van der Waals surface area contributed by atoms with Gasteiger partial charge in [0.25, 0.3) is 0 Å². The number of rotatable bonds is 5. The van der Waals surface area contributed by atoms with Crippen LogP contribution in [0.1, 0.15) is 26.3 Å². The summed E-state index contributed by atoms with van der Waals surface area (Å²) in [6, 6.07) is 47.7. The van der Waals surface area contributed by atoms with Crippen LogP contribution in [0.15, 0.2) is 133 Å². The third kappa shape index (κ3) is 5.05. The van der Waals surface area contributed by atoms with Gasteiger partial charge in [0.1, 0.15) is 0 Å². The van der Waals surface area contributed by atoms with Gasteiger partial charge in [0, 0.05) is 17.1 Å². The molecule has 0 spiro atoms. The van der Waals surface area contributed by atoms with Gasteiger partial charge in [0.05, 0.1) is 0 Å². The molecule has 0 aromatic heterocycles. The van der Waals surface area contributed by atoms with E-state index in [-0.39, 0.29) is 5.41 Å². The Kier molecular flexibility index (Phi) is 6.25. The fraction of sp³-hybridized carbons (Fsp3) is 0.118. The van der Waals surface area contributed by atoms with Crippen LogP contribution in [-0.4, -0.2) is 0 Å². The molecule has 0 unspecified atom stereocenters. The zero-order chi connectivity index (χ0) is 24.3. The Hall–Kier alpha value is -4.10. The SMILES string of the molecule is CC(C)(C)c1ccc(N(c2ccccc2)c2ccc(-c3ccc(-c4ccccc4)cc3)cc2)cc1. The fourth-order valence-electron chi connectivity index (χ4n) is 4.42. The van der Waals surface area contributed by atoms with Crippen molar-refractivity contribution in [3.8, 4) is 22.3 Å². The molecule has 1 nitrogen and oxygen atoms in total. The first-order valence-electron chi connectivity index (χ1n) is 12.2. The lowest BCUT2D eigenvalue weighted by Gasteiger charge is -2.27. The minimum absolute atomic E-state index is 0.133. The first-order chi connectivity index (χ1) is 17.0. The van der Waals surface area contributed by atoms with E-state index in [4.69, 9.17) is 0 Å². The highest BCUT2D eigenvalue weighted by molar-refractivity contribution is 5.79. The van der Waals surface area contributed by atoms with E-state index < -0.39 is 0 Å². The summed E-state index contributed by atoms with van der Waals surface area (Å²) in [5, 5.41) is 0. The van der Waals surface area contributed by atoms with Crippen molar-refractivity contribution < 1.29 is 0 Å². The van der Waals surface area contributed by atoms with Gasteiger partial charge in [-0.15, -0.1) is 0 Å². The van der Waals surface area contributed by atoms with Gasteiger partial charge in [-0.3, -0.25) is 0 Å². The smallest absolute Gasteiger partial charge is 0.0462 e. The highest BCUT2D eigenvalue weighted by Gasteiger charge is 2.16. The van der Waals surface area contributed by atoms with Gasteiger partial charge in [-0.25, -0.2) is 0 Å². The maximum Gasteiger partial charge on any atom is 0.0462 e. The van der Waals surface area contributed by atoms with E-state index >= 15 is 0 Å². The van der Waals surface area contributed by atoms with Gasteiger partial charge >= 0.3 is 0 Å². The third-order valence-corrected chi connectivity index (χ3v) is 6.46. The number of nitrogens with zero attached hydrogens (tertiary/aromatic N) is 1. The third-order valence-electron chi connectivity index (χ3n) is 6.46. The Morgan fingerprint density at radius 3 is 1.17 bits per heavy atom. The second kappa shape index (κ2) is 9.64. The van der Waals surface area contributed by atoms with Crippen LogP contribution >= 0.6 is 0 Å². The van der Waals surface area contributed by atoms with Gasteiger partial charge in [-0.1, -0.05) is 118 Å². The van der Waals surface area contributed by atoms with Gasteiger partial charge in [-0.05, 0) is 69.6 Å². The van der Waals surface area contributed by atoms with Crippen LogP contribution < -0.4 is 4.90 Å². The lowest BCUT2D eigenvalue weighted by Crippen LogP contribution is -2.13. The van der Waals surface area contributed by atoms with Crippen molar-refractivity contribution in [2.24, 2.45) is 0 Å². The van der Waals surface area contributed by atoms with Crippen molar-refractivity contribution in [1.29, 1.82) is 0 Å². The average Bonchev–Trinajstić information content (AvgIpc) is 2.90. The molecular weight excluding hydrogens is 422 g/mol. The Morgan fingerprint density at radius 1 is 0.371 bits per heavy atom. The first kappa shape index (κ1) is 22.7. The van der Waals surface area contributed by atoms with Crippen molar-refractivity contribution in [1.82, 2.24) is 0 Å². The first-order valence-corrected chi connectivity index (χ1v) is 12.2. The van der Waals surface area contributed by atoms with E-state index in [2.05, 4.69) is 159 Å². The maximum atomic E-state index is 2.31. The van der Waals surface area contributed by atoms with Crippen LogP contribution in [0.4, 0.5) is 17.1 Å². The van der Waals surface area contributed by atoms with E-state index in [1.807, 2.05) is 0 Å². The predicted octanol–water partition coefficient (Wildman–Crippen LogP) is 9.79. The summed E-state index contributed by atoms with van der Waals surface area (Å²) in [7, 11) is 0. The largest absolute Gasteiger partial charge is 0.311 e. The summed E-state index contributed by atoms with van der Waals surface area (Å²) in [5.74, 6) is 0. The van der Waals surface area contributed by atoms with Crippen molar-refractivity contribution in [2.45, 2.75) is 26.2 Å². The Balaban J connectivity index is 1.46. The molecule has 0 atom stereocenters. The molecule has 1 heteroatoms. The van der Waals surface area contributed by atoms with Gasteiger partial charge in [0.15, 0.2) is 0 Å². The van der Waals surface area contributed by atoms with Crippen LogP contribution in [-0.2, 0) is 5.41 Å². The van der Waals surface area contributed by atoms with Crippen molar-refractivity contribution in [2.75, 3.05) is 4.90 Å². The zero-order valence-electron chi connectivity index (χ0n) is 20.6. The molecule has 0 saturated carbocycles. The molecular formula is C34H31N. The second-order valence-electron chi connectivity index (χ2n) is 9.96. The molecule has 5 aromatic rings. The molecule has 0 bridgehead atoms. The summed E-state index contributed by atoms with van der Waals surface area (Å²) in [6.07, 6.45) is 0. The predicted molar refractivity (Wildman–Crippen MR) is 151 cm³/mol. The number of benzene rings is 5. The van der Waals surface area contributed by atoms with Gasteiger partial charge in [-0.2, -0.15) is 0 Å². The van der Waals surface area contributed by atoms with Crippen LogP contribution in [0.25, 0.3) is 22.3 Å². The molecule has 0 aliphatic heterocycles. The molecule has 0 N–H and O–H groups in total. The van der Waals surface area contributed by atoms with E-state index in [0.29, 0.717) is 0 Å². The van der Waals surface area contributed by atoms with Crippen LogP contribution in [0.5, 0.6) is 0 Å². The average molecular weight is 454 g/mol. The zero-order valence-corrected chi connectivity index (χ0v) is 20.6. The number of hydrogen-bond donors (Lipinski definition) is 0. The molecule has 0 aliphatic carbocycles. The quantitative estimate of drug-likeness (QED) is 0.256. The number of para-hydroxylation sites is 1. The molecule has 0 saturated heterocycles. The molecule has 5 rings (SSSR count). The van der Waals surface area contributed by atoms with Crippen molar-refractivity contribution in [3.63, 3.8) is 0 Å². The molecule has 0 radical (unpaired) electrons. The molecule has 172 valence electrons.